The molecule has 1 aromatic rings. The number of nitrogens with zero attached hydrogens (tertiary/aromatic N) is 1. The van der Waals surface area contributed by atoms with Gasteiger partial charge in [0.25, 0.3) is 0 Å². The van der Waals surface area contributed by atoms with E-state index in [-0.39, 0.29) is 5.41 Å². The minimum absolute atomic E-state index is 0.240. The summed E-state index contributed by atoms with van der Waals surface area (Å²) in [7, 11) is 0. The van der Waals surface area contributed by atoms with Crippen LogP contribution < -0.4 is 0 Å². The maximum absolute atomic E-state index is 5.82. The quantitative estimate of drug-likeness (QED) is 0.823. The summed E-state index contributed by atoms with van der Waals surface area (Å²) in [5.41, 5.74) is 3.11. The van der Waals surface area contributed by atoms with Crippen molar-refractivity contribution in [1.82, 2.24) is 4.90 Å². The molecule has 1 aliphatic rings. The monoisotopic (exact) mass is 309 g/mol. The summed E-state index contributed by atoms with van der Waals surface area (Å²) in [5.74, 6) is 0.679. The molecule has 1 fully saturated rings. The van der Waals surface area contributed by atoms with Crippen LogP contribution in [-0.4, -0.2) is 36.7 Å². The number of ether oxygens (including phenoxy) is 1. The molecule has 1 aliphatic heterocycles. The summed E-state index contributed by atoms with van der Waals surface area (Å²) < 4.78 is 5.82. The van der Waals surface area contributed by atoms with Crippen LogP contribution in [0, 0.1) is 5.92 Å². The van der Waals surface area contributed by atoms with E-state index in [1.54, 1.807) is 0 Å². The number of benzene rings is 1. The van der Waals surface area contributed by atoms with Crippen LogP contribution in [0.1, 0.15) is 52.7 Å². The molecule has 1 saturated heterocycles. The molecular formula is C20H33NO. The lowest BCUT2D eigenvalue weighted by atomic mass is 10.1. The van der Waals surface area contributed by atoms with E-state index in [4.69, 9.17) is 4.74 Å². The molecule has 0 amide bonds. The largest absolute Gasteiger partial charge is 0.373 e. The fourth-order valence-corrected chi connectivity index (χ4v) is 3.48. The van der Waals surface area contributed by atoms with E-state index in [1.165, 1.54) is 17.7 Å². The first-order valence-electron chi connectivity index (χ1n) is 8.71. The Labute approximate surface area is 136 Å². The molecule has 124 valence electrons. The van der Waals surface area contributed by atoms with Crippen molar-refractivity contribution in [3.05, 3.63) is 35.4 Å². The molecule has 0 saturated carbocycles. The molecule has 0 bridgehead atoms. The minimum atomic E-state index is 0.240. The molecule has 0 radical (unpaired) electrons. The van der Waals surface area contributed by atoms with Gasteiger partial charge in [0.1, 0.15) is 0 Å². The Morgan fingerprint density at radius 2 is 1.64 bits per heavy atom. The van der Waals surface area contributed by atoms with Crippen molar-refractivity contribution in [3.63, 3.8) is 0 Å². The fraction of sp³-hybridized carbons (Fsp3) is 0.700. The normalized spacial score (nSPS) is 25.2. The molecule has 22 heavy (non-hydrogen) atoms. The molecule has 3 atom stereocenters. The molecule has 0 aliphatic carbocycles. The molecule has 0 spiro atoms. The van der Waals surface area contributed by atoms with Gasteiger partial charge in [0.2, 0.25) is 0 Å². The van der Waals surface area contributed by atoms with Gasteiger partial charge in [0, 0.05) is 19.6 Å². The van der Waals surface area contributed by atoms with Crippen LogP contribution >= 0.6 is 0 Å². The average Bonchev–Trinajstić information content (AvgIpc) is 2.36. The first kappa shape index (κ1) is 17.5. The Morgan fingerprint density at radius 1 is 1.09 bits per heavy atom. The second-order valence-corrected chi connectivity index (χ2v) is 8.23. The van der Waals surface area contributed by atoms with Gasteiger partial charge in [0.05, 0.1) is 12.2 Å². The van der Waals surface area contributed by atoms with E-state index in [9.17, 15) is 0 Å². The van der Waals surface area contributed by atoms with E-state index < -0.39 is 0 Å². The number of rotatable bonds is 4. The summed E-state index contributed by atoms with van der Waals surface area (Å²) in [4.78, 5) is 2.56. The van der Waals surface area contributed by atoms with Crippen LogP contribution in [0.2, 0.25) is 0 Å². The Bertz CT molecular complexity index is 450. The van der Waals surface area contributed by atoms with Crippen molar-refractivity contribution >= 4 is 0 Å². The molecule has 0 N–H and O–H groups in total. The topological polar surface area (TPSA) is 12.5 Å². The lowest BCUT2D eigenvalue weighted by molar-refractivity contribution is -0.0708. The molecule has 1 aromatic carbocycles. The second kappa shape index (κ2) is 7.14. The standard InChI is InChI=1S/C20H33NO/c1-15(12-21-13-16(2)22-17(3)14-21)11-18-7-9-19(10-8-18)20(4,5)6/h7-10,15-17H,11-14H2,1-6H3/t15?,16-,17+/i7+1,8+1,9+1,10+1,18+1,19+1. The SMILES string of the molecule is CC(C[13c]1[13cH][13cH][13c](C(C)(C)C)[13cH][13cH]1)CN1C[C@@H](C)O[C@@H](C)C1. The van der Waals surface area contributed by atoms with Gasteiger partial charge in [0.15, 0.2) is 0 Å². The number of hydrogen-bond acceptors (Lipinski definition) is 2. The highest BCUT2D eigenvalue weighted by molar-refractivity contribution is 5.27. The third-order valence-corrected chi connectivity index (χ3v) is 4.47. The van der Waals surface area contributed by atoms with Crippen LogP contribution in [0.4, 0.5) is 0 Å². The van der Waals surface area contributed by atoms with E-state index in [1.807, 2.05) is 0 Å². The van der Waals surface area contributed by atoms with Gasteiger partial charge in [-0.15, -0.1) is 0 Å². The smallest absolute Gasteiger partial charge is 0.0678 e. The highest BCUT2D eigenvalue weighted by Crippen LogP contribution is 2.23. The third-order valence-electron chi connectivity index (χ3n) is 4.47. The van der Waals surface area contributed by atoms with Gasteiger partial charge >= 0.3 is 0 Å². The second-order valence-electron chi connectivity index (χ2n) is 8.23. The van der Waals surface area contributed by atoms with Crippen LogP contribution in [0.25, 0.3) is 0 Å². The molecule has 2 rings (SSSR count). The van der Waals surface area contributed by atoms with Crippen molar-refractivity contribution < 1.29 is 4.74 Å². The molecular weight excluding hydrogens is 276 g/mol. The molecule has 2 nitrogen and oxygen atoms in total. The predicted molar refractivity (Wildman–Crippen MR) is 94.5 cm³/mol. The highest BCUT2D eigenvalue weighted by Gasteiger charge is 2.23. The summed E-state index contributed by atoms with van der Waals surface area (Å²) in [6.45, 7) is 16.8. The number of morpholine rings is 1. The third kappa shape index (κ3) is 5.10. The zero-order chi connectivity index (χ0) is 16.3. The van der Waals surface area contributed by atoms with E-state index in [0.717, 1.165) is 19.5 Å². The van der Waals surface area contributed by atoms with Crippen LogP contribution in [0.15, 0.2) is 24.3 Å². The van der Waals surface area contributed by atoms with Gasteiger partial charge in [-0.2, -0.15) is 0 Å². The van der Waals surface area contributed by atoms with Crippen molar-refractivity contribution in [3.8, 4) is 0 Å². The van der Waals surface area contributed by atoms with Crippen LogP contribution in [0.3, 0.4) is 0 Å². The molecule has 1 unspecified atom stereocenters. The van der Waals surface area contributed by atoms with Gasteiger partial charge in [-0.05, 0) is 42.7 Å². The Hall–Kier alpha value is -0.860. The fourth-order valence-electron chi connectivity index (χ4n) is 3.48. The minimum Gasteiger partial charge on any atom is -0.373 e. The Morgan fingerprint density at radius 3 is 2.14 bits per heavy atom. The highest BCUT2D eigenvalue weighted by atomic mass is 16.5. The maximum Gasteiger partial charge on any atom is 0.0678 e. The average molecular weight is 309 g/mol. The Balaban J connectivity index is 1.87. The zero-order valence-electron chi connectivity index (χ0n) is 15.2. The van der Waals surface area contributed by atoms with Gasteiger partial charge in [-0.25, -0.2) is 0 Å². The van der Waals surface area contributed by atoms with E-state index >= 15 is 0 Å². The van der Waals surface area contributed by atoms with Crippen molar-refractivity contribution in [2.24, 2.45) is 5.92 Å². The van der Waals surface area contributed by atoms with Crippen molar-refractivity contribution in [2.75, 3.05) is 19.6 Å². The molecule has 0 aromatic heterocycles. The van der Waals surface area contributed by atoms with Crippen LogP contribution in [-0.2, 0) is 16.6 Å². The van der Waals surface area contributed by atoms with Gasteiger partial charge in [-0.1, -0.05) is 52.0 Å². The van der Waals surface area contributed by atoms with Gasteiger partial charge < -0.3 is 4.74 Å². The maximum atomic E-state index is 5.82. The van der Waals surface area contributed by atoms with Crippen molar-refractivity contribution in [1.29, 1.82) is 0 Å². The lowest BCUT2D eigenvalue weighted by Crippen LogP contribution is -2.47. The summed E-state index contributed by atoms with van der Waals surface area (Å²) >= 11 is 0. The van der Waals surface area contributed by atoms with E-state index in [2.05, 4.69) is 70.7 Å². The first-order valence-corrected chi connectivity index (χ1v) is 8.71. The summed E-state index contributed by atoms with van der Waals surface area (Å²) in [5, 5.41) is 0. The van der Waals surface area contributed by atoms with Gasteiger partial charge in [-0.3, -0.25) is 4.90 Å². The predicted octanol–water partition coefficient (Wildman–Crippen LogP) is 4.27. The first-order chi connectivity index (χ1) is 10.2. The zero-order valence-corrected chi connectivity index (χ0v) is 15.2. The van der Waals surface area contributed by atoms with Crippen molar-refractivity contribution in [2.45, 2.75) is 65.6 Å². The number of hydrogen-bond donors (Lipinski definition) is 0. The van der Waals surface area contributed by atoms with Crippen LogP contribution in [0.5, 0.6) is 0 Å². The van der Waals surface area contributed by atoms with E-state index in [0.29, 0.717) is 18.1 Å². The lowest BCUT2D eigenvalue weighted by Gasteiger charge is -2.36. The molecule has 1 heterocycles. The molecule has 2 heteroatoms. The summed E-state index contributed by atoms with van der Waals surface area (Å²) in [6, 6.07) is 9.20. The summed E-state index contributed by atoms with van der Waals surface area (Å²) in [6.07, 6.45) is 1.88. The Kier molecular flexibility index (Phi) is 5.68.